The van der Waals surface area contributed by atoms with E-state index in [-0.39, 0.29) is 24.6 Å². The third-order valence-electron chi connectivity index (χ3n) is 2.78. The Morgan fingerprint density at radius 3 is 2.40 bits per heavy atom. The number of rotatable bonds is 3. The molecule has 7 heteroatoms. The van der Waals surface area contributed by atoms with Crippen LogP contribution in [0.4, 0.5) is 9.59 Å². The first-order valence-corrected chi connectivity index (χ1v) is 7.32. The van der Waals surface area contributed by atoms with E-state index in [0.29, 0.717) is 25.9 Å². The van der Waals surface area contributed by atoms with Crippen molar-refractivity contribution in [2.75, 3.05) is 25.6 Å². The summed E-state index contributed by atoms with van der Waals surface area (Å²) in [5.74, 6) is 0.282. The standard InChI is InChI=1S/C13H23ClN2O4/c1-13(2,3)20-12(18)16-7-4-10(5-8-16)15-11(17)19-9-6-14/h10H,4-9H2,1-3H3,(H,15,17). The van der Waals surface area contributed by atoms with Crippen LogP contribution in [0.25, 0.3) is 0 Å². The number of amides is 2. The maximum absolute atomic E-state index is 11.9. The molecule has 2 amide bonds. The maximum atomic E-state index is 11.9. The molecule has 0 radical (unpaired) electrons. The van der Waals surface area contributed by atoms with E-state index in [1.165, 1.54) is 0 Å². The van der Waals surface area contributed by atoms with Crippen molar-refractivity contribution < 1.29 is 19.1 Å². The molecule has 0 aromatic carbocycles. The monoisotopic (exact) mass is 306 g/mol. The first-order valence-electron chi connectivity index (χ1n) is 6.79. The molecule has 0 aromatic heterocycles. The normalized spacial score (nSPS) is 16.7. The zero-order chi connectivity index (χ0) is 15.2. The highest BCUT2D eigenvalue weighted by Crippen LogP contribution is 2.15. The van der Waals surface area contributed by atoms with E-state index in [1.807, 2.05) is 20.8 Å². The fourth-order valence-corrected chi connectivity index (χ4v) is 1.95. The smallest absolute Gasteiger partial charge is 0.410 e. The van der Waals surface area contributed by atoms with E-state index in [0.717, 1.165) is 0 Å². The summed E-state index contributed by atoms with van der Waals surface area (Å²) < 4.78 is 10.2. The van der Waals surface area contributed by atoms with Gasteiger partial charge < -0.3 is 19.7 Å². The van der Waals surface area contributed by atoms with Crippen LogP contribution in [0.5, 0.6) is 0 Å². The number of likely N-dealkylation sites (tertiary alicyclic amines) is 1. The Morgan fingerprint density at radius 1 is 1.30 bits per heavy atom. The number of nitrogens with one attached hydrogen (secondary N) is 1. The molecule has 1 heterocycles. The average Bonchev–Trinajstić information content (AvgIpc) is 2.35. The van der Waals surface area contributed by atoms with Crippen LogP contribution in [0.3, 0.4) is 0 Å². The first kappa shape index (κ1) is 16.9. The lowest BCUT2D eigenvalue weighted by Crippen LogP contribution is -2.47. The van der Waals surface area contributed by atoms with Crippen LogP contribution >= 0.6 is 11.6 Å². The molecule has 0 atom stereocenters. The molecule has 1 fully saturated rings. The molecular weight excluding hydrogens is 284 g/mol. The Bertz CT molecular complexity index is 336. The molecular formula is C13H23ClN2O4. The summed E-state index contributed by atoms with van der Waals surface area (Å²) in [5.41, 5.74) is -0.489. The molecule has 0 saturated carbocycles. The zero-order valence-electron chi connectivity index (χ0n) is 12.3. The lowest BCUT2D eigenvalue weighted by Gasteiger charge is -2.33. The van der Waals surface area contributed by atoms with Gasteiger partial charge in [-0.05, 0) is 33.6 Å². The zero-order valence-corrected chi connectivity index (χ0v) is 13.0. The van der Waals surface area contributed by atoms with Crippen LogP contribution in [0.1, 0.15) is 33.6 Å². The molecule has 0 unspecified atom stereocenters. The Kier molecular flexibility index (Phi) is 6.39. The van der Waals surface area contributed by atoms with Gasteiger partial charge in [0.25, 0.3) is 0 Å². The second kappa shape index (κ2) is 7.57. The van der Waals surface area contributed by atoms with Gasteiger partial charge in [0.15, 0.2) is 0 Å². The third kappa shape index (κ3) is 6.32. The Hall–Kier alpha value is -1.17. The molecule has 1 saturated heterocycles. The SMILES string of the molecule is CC(C)(C)OC(=O)N1CCC(NC(=O)OCCCl)CC1. The number of alkyl halides is 1. The highest BCUT2D eigenvalue weighted by Gasteiger charge is 2.27. The molecule has 116 valence electrons. The predicted molar refractivity (Wildman–Crippen MR) is 76.0 cm³/mol. The Morgan fingerprint density at radius 2 is 1.90 bits per heavy atom. The van der Waals surface area contributed by atoms with E-state index >= 15 is 0 Å². The second-order valence-corrected chi connectivity index (χ2v) is 6.09. The first-order chi connectivity index (χ1) is 9.31. The number of hydrogen-bond acceptors (Lipinski definition) is 4. The van der Waals surface area contributed by atoms with Gasteiger partial charge >= 0.3 is 12.2 Å². The average molecular weight is 307 g/mol. The fourth-order valence-electron chi connectivity index (χ4n) is 1.87. The largest absolute Gasteiger partial charge is 0.448 e. The number of carbonyl (C=O) groups excluding carboxylic acids is 2. The lowest BCUT2D eigenvalue weighted by molar-refractivity contribution is 0.0199. The summed E-state index contributed by atoms with van der Waals surface area (Å²) in [5, 5.41) is 2.76. The number of alkyl carbamates (subject to hydrolysis) is 1. The van der Waals surface area contributed by atoms with Gasteiger partial charge in [0, 0.05) is 19.1 Å². The summed E-state index contributed by atoms with van der Waals surface area (Å²) in [6.07, 6.45) is 0.617. The molecule has 6 nitrogen and oxygen atoms in total. The number of carbonyl (C=O) groups is 2. The summed E-state index contributed by atoms with van der Waals surface area (Å²) >= 11 is 5.43. The molecule has 20 heavy (non-hydrogen) atoms. The van der Waals surface area contributed by atoms with Crippen LogP contribution in [0.2, 0.25) is 0 Å². The van der Waals surface area contributed by atoms with Crippen molar-refractivity contribution >= 4 is 23.8 Å². The number of hydrogen-bond donors (Lipinski definition) is 1. The van der Waals surface area contributed by atoms with E-state index in [9.17, 15) is 9.59 Å². The summed E-state index contributed by atoms with van der Waals surface area (Å²) in [6, 6.07) is 0.0245. The van der Waals surface area contributed by atoms with Gasteiger partial charge in [-0.1, -0.05) is 0 Å². The fraction of sp³-hybridized carbons (Fsp3) is 0.846. The van der Waals surface area contributed by atoms with Crippen LogP contribution in [-0.4, -0.2) is 54.3 Å². The molecule has 0 aliphatic carbocycles. The van der Waals surface area contributed by atoms with Crippen molar-refractivity contribution in [2.24, 2.45) is 0 Å². The number of nitrogens with zero attached hydrogens (tertiary/aromatic N) is 1. The topological polar surface area (TPSA) is 67.9 Å². The van der Waals surface area contributed by atoms with E-state index in [4.69, 9.17) is 21.1 Å². The van der Waals surface area contributed by atoms with Crippen molar-refractivity contribution in [3.05, 3.63) is 0 Å². The molecule has 0 bridgehead atoms. The molecule has 0 aromatic rings. The molecule has 1 rings (SSSR count). The predicted octanol–water partition coefficient (Wildman–Crippen LogP) is 2.35. The van der Waals surface area contributed by atoms with Gasteiger partial charge in [0.2, 0.25) is 0 Å². The summed E-state index contributed by atoms with van der Waals surface area (Å²) in [6.45, 7) is 6.85. The van der Waals surface area contributed by atoms with Crippen LogP contribution in [0, 0.1) is 0 Å². The summed E-state index contributed by atoms with van der Waals surface area (Å²) in [7, 11) is 0. The Labute approximate surface area is 124 Å². The molecule has 0 spiro atoms. The van der Waals surface area contributed by atoms with E-state index < -0.39 is 11.7 Å². The van der Waals surface area contributed by atoms with E-state index in [1.54, 1.807) is 4.90 Å². The number of ether oxygens (including phenoxy) is 2. The van der Waals surface area contributed by atoms with E-state index in [2.05, 4.69) is 5.32 Å². The number of halogens is 1. The van der Waals surface area contributed by atoms with Gasteiger partial charge in [-0.25, -0.2) is 9.59 Å². The van der Waals surface area contributed by atoms with Crippen molar-refractivity contribution in [1.82, 2.24) is 10.2 Å². The van der Waals surface area contributed by atoms with Gasteiger partial charge in [0.05, 0.1) is 5.88 Å². The van der Waals surface area contributed by atoms with Crippen LogP contribution < -0.4 is 5.32 Å². The molecule has 1 N–H and O–H groups in total. The lowest BCUT2D eigenvalue weighted by atomic mass is 10.1. The minimum absolute atomic E-state index is 0.0245. The quantitative estimate of drug-likeness (QED) is 0.813. The molecule has 1 aliphatic rings. The van der Waals surface area contributed by atoms with Crippen molar-refractivity contribution in [1.29, 1.82) is 0 Å². The van der Waals surface area contributed by atoms with Crippen LogP contribution in [-0.2, 0) is 9.47 Å². The molecule has 1 aliphatic heterocycles. The summed E-state index contributed by atoms with van der Waals surface area (Å²) in [4.78, 5) is 24.9. The minimum Gasteiger partial charge on any atom is -0.448 e. The van der Waals surface area contributed by atoms with Gasteiger partial charge in [-0.2, -0.15) is 0 Å². The minimum atomic E-state index is -0.489. The van der Waals surface area contributed by atoms with Gasteiger partial charge in [-0.15, -0.1) is 11.6 Å². The third-order valence-corrected chi connectivity index (χ3v) is 2.93. The second-order valence-electron chi connectivity index (χ2n) is 5.71. The van der Waals surface area contributed by atoms with Crippen molar-refractivity contribution in [2.45, 2.75) is 45.3 Å². The van der Waals surface area contributed by atoms with Gasteiger partial charge in [-0.3, -0.25) is 0 Å². The van der Waals surface area contributed by atoms with Crippen molar-refractivity contribution in [3.63, 3.8) is 0 Å². The van der Waals surface area contributed by atoms with Gasteiger partial charge in [0.1, 0.15) is 12.2 Å². The number of piperidine rings is 1. The Balaban J connectivity index is 2.29. The highest BCUT2D eigenvalue weighted by molar-refractivity contribution is 6.18. The van der Waals surface area contributed by atoms with Crippen molar-refractivity contribution in [3.8, 4) is 0 Å². The highest BCUT2D eigenvalue weighted by atomic mass is 35.5. The van der Waals surface area contributed by atoms with Crippen LogP contribution in [0.15, 0.2) is 0 Å². The maximum Gasteiger partial charge on any atom is 0.410 e.